The third-order valence-corrected chi connectivity index (χ3v) is 7.15. The number of aromatic amines is 1. The number of carbonyl (C=O) groups is 1. The summed E-state index contributed by atoms with van der Waals surface area (Å²) < 4.78 is 13.4. The number of imidazole rings is 1. The van der Waals surface area contributed by atoms with Crippen LogP contribution in [0.15, 0.2) is 91.0 Å². The van der Waals surface area contributed by atoms with Crippen molar-refractivity contribution in [1.82, 2.24) is 30.2 Å². The summed E-state index contributed by atoms with van der Waals surface area (Å²) in [5, 5.41) is 24.3. The lowest BCUT2D eigenvalue weighted by Gasteiger charge is -2.13. The molecule has 0 saturated carbocycles. The monoisotopic (exact) mass is 605 g/mol. The molecule has 0 fully saturated rings. The maximum absolute atomic E-state index is 13.5. The molecule has 0 bridgehead atoms. The average Bonchev–Trinajstić information content (AvgIpc) is 3.72. The van der Waals surface area contributed by atoms with Crippen LogP contribution in [0.5, 0.6) is 6.01 Å². The minimum absolute atomic E-state index is 0.0915. The topological polar surface area (TPSA) is 160 Å². The average molecular weight is 606 g/mol. The van der Waals surface area contributed by atoms with Gasteiger partial charge in [-0.25, -0.2) is 4.79 Å². The first-order valence-electron chi connectivity index (χ1n) is 14.1. The van der Waals surface area contributed by atoms with Gasteiger partial charge in [-0.05, 0) is 52.1 Å². The SMILES string of the molecule is CCOc1nc2cccc(C(=O)OCc3ccccc3CO[N+](=O)[O-])c2n1Cc1ccc(-c2ccccc2-c2nn[nH]n2)cc1. The molecule has 45 heavy (non-hydrogen) atoms. The van der Waals surface area contributed by atoms with Gasteiger partial charge < -0.3 is 14.3 Å². The van der Waals surface area contributed by atoms with Crippen molar-refractivity contribution in [2.45, 2.75) is 26.7 Å². The van der Waals surface area contributed by atoms with E-state index in [0.29, 0.717) is 52.7 Å². The molecule has 0 radical (unpaired) electrons. The largest absolute Gasteiger partial charge is 0.465 e. The molecular formula is C32H27N7O6. The van der Waals surface area contributed by atoms with E-state index in [-0.39, 0.29) is 13.2 Å². The summed E-state index contributed by atoms with van der Waals surface area (Å²) in [6.07, 6.45) is 0. The molecule has 13 heteroatoms. The summed E-state index contributed by atoms with van der Waals surface area (Å²) in [6, 6.07) is 28.4. The number of para-hydroxylation sites is 1. The molecule has 6 rings (SSSR count). The van der Waals surface area contributed by atoms with Crippen LogP contribution in [0, 0.1) is 10.1 Å². The highest BCUT2D eigenvalue weighted by Gasteiger charge is 2.21. The van der Waals surface area contributed by atoms with Crippen LogP contribution in [0.25, 0.3) is 33.5 Å². The van der Waals surface area contributed by atoms with E-state index >= 15 is 0 Å². The second-order valence-corrected chi connectivity index (χ2v) is 9.91. The van der Waals surface area contributed by atoms with Crippen molar-refractivity contribution in [2.75, 3.05) is 6.61 Å². The number of rotatable bonds is 12. The van der Waals surface area contributed by atoms with Gasteiger partial charge in [0.15, 0.2) is 0 Å². The molecule has 226 valence electrons. The number of H-pyrrole nitrogens is 1. The zero-order valence-corrected chi connectivity index (χ0v) is 24.1. The fourth-order valence-electron chi connectivity index (χ4n) is 5.08. The van der Waals surface area contributed by atoms with Crippen LogP contribution in [0.4, 0.5) is 0 Å². The Morgan fingerprint density at radius 2 is 1.64 bits per heavy atom. The number of fused-ring (bicyclic) bond motifs is 1. The van der Waals surface area contributed by atoms with Gasteiger partial charge in [0.25, 0.3) is 11.1 Å². The molecule has 0 spiro atoms. The number of nitrogens with one attached hydrogen (secondary N) is 1. The molecule has 0 saturated heterocycles. The summed E-state index contributed by atoms with van der Waals surface area (Å²) >= 11 is 0. The van der Waals surface area contributed by atoms with E-state index in [9.17, 15) is 14.9 Å². The second kappa shape index (κ2) is 13.0. The fraction of sp³-hybridized carbons (Fsp3) is 0.156. The highest BCUT2D eigenvalue weighted by atomic mass is 16.9. The number of nitrogens with zero attached hydrogens (tertiary/aromatic N) is 6. The van der Waals surface area contributed by atoms with Crippen molar-refractivity contribution < 1.29 is 24.2 Å². The quantitative estimate of drug-likeness (QED) is 0.109. The normalized spacial score (nSPS) is 11.0. The molecule has 1 N–H and O–H groups in total. The van der Waals surface area contributed by atoms with Gasteiger partial charge in [-0.3, -0.25) is 4.57 Å². The Morgan fingerprint density at radius 3 is 2.36 bits per heavy atom. The number of carbonyl (C=O) groups excluding carboxylic acids is 1. The van der Waals surface area contributed by atoms with Crippen LogP contribution in [-0.2, 0) is 29.3 Å². The van der Waals surface area contributed by atoms with Gasteiger partial charge >= 0.3 is 5.97 Å². The van der Waals surface area contributed by atoms with E-state index in [0.717, 1.165) is 22.3 Å². The third-order valence-electron chi connectivity index (χ3n) is 7.15. The summed E-state index contributed by atoms with van der Waals surface area (Å²) in [7, 11) is 0. The molecule has 0 unspecified atom stereocenters. The smallest absolute Gasteiger partial charge is 0.340 e. The van der Waals surface area contributed by atoms with Crippen LogP contribution < -0.4 is 4.74 Å². The van der Waals surface area contributed by atoms with E-state index in [1.54, 1.807) is 36.4 Å². The first kappa shape index (κ1) is 29.0. The van der Waals surface area contributed by atoms with E-state index in [1.165, 1.54) is 0 Å². The zero-order chi connectivity index (χ0) is 31.2. The van der Waals surface area contributed by atoms with Crippen molar-refractivity contribution in [1.29, 1.82) is 0 Å². The lowest BCUT2D eigenvalue weighted by Crippen LogP contribution is -2.11. The Kier molecular flexibility index (Phi) is 8.40. The predicted octanol–water partition coefficient (Wildman–Crippen LogP) is 5.40. The van der Waals surface area contributed by atoms with E-state index in [1.807, 2.05) is 66.1 Å². The van der Waals surface area contributed by atoms with Gasteiger partial charge in [-0.1, -0.05) is 78.9 Å². The van der Waals surface area contributed by atoms with Crippen molar-refractivity contribution in [3.05, 3.63) is 123 Å². The molecular weight excluding hydrogens is 578 g/mol. The maximum atomic E-state index is 13.5. The third kappa shape index (κ3) is 6.32. The lowest BCUT2D eigenvalue weighted by molar-refractivity contribution is -0.763. The lowest BCUT2D eigenvalue weighted by atomic mass is 9.98. The molecule has 0 atom stereocenters. The first-order valence-corrected chi connectivity index (χ1v) is 14.1. The molecule has 2 aromatic heterocycles. The molecule has 0 aliphatic carbocycles. The van der Waals surface area contributed by atoms with Crippen LogP contribution >= 0.6 is 0 Å². The Labute approximate surface area is 256 Å². The molecule has 6 aromatic rings. The Hall–Kier alpha value is -6.11. The Bertz CT molecular complexity index is 1960. The number of benzene rings is 4. The number of ether oxygens (including phenoxy) is 2. The standard InChI is InChI=1S/C32H27N7O6/c1-2-43-32-33-28-13-7-12-27(31(40)44-19-23-8-3-4-9-24(23)20-45-39(41)42)29(28)38(32)18-21-14-16-22(17-15-21)25-10-5-6-11-26(25)30-34-36-37-35-30/h3-17H,2,18-20H2,1H3,(H,34,35,36,37). The fourth-order valence-corrected chi connectivity index (χ4v) is 5.08. The predicted molar refractivity (Wildman–Crippen MR) is 162 cm³/mol. The number of hydrogen-bond donors (Lipinski definition) is 1. The van der Waals surface area contributed by atoms with Crippen molar-refractivity contribution in [2.24, 2.45) is 0 Å². The van der Waals surface area contributed by atoms with E-state index < -0.39 is 11.1 Å². The van der Waals surface area contributed by atoms with Crippen molar-refractivity contribution in [3.63, 3.8) is 0 Å². The molecule has 0 aliphatic heterocycles. The molecule has 0 amide bonds. The summed E-state index contributed by atoms with van der Waals surface area (Å²) in [5.41, 5.74) is 6.37. The van der Waals surface area contributed by atoms with Crippen LogP contribution in [0.3, 0.4) is 0 Å². The van der Waals surface area contributed by atoms with Gasteiger partial charge in [0.05, 0.1) is 29.7 Å². The van der Waals surface area contributed by atoms with Crippen LogP contribution in [-0.4, -0.2) is 47.8 Å². The maximum Gasteiger partial charge on any atom is 0.340 e. The number of hydrogen-bond acceptors (Lipinski definition) is 10. The zero-order valence-electron chi connectivity index (χ0n) is 24.1. The van der Waals surface area contributed by atoms with Gasteiger partial charge in [-0.15, -0.1) is 20.3 Å². The van der Waals surface area contributed by atoms with Gasteiger partial charge in [0, 0.05) is 5.56 Å². The van der Waals surface area contributed by atoms with Crippen molar-refractivity contribution >= 4 is 17.0 Å². The molecule has 0 aliphatic rings. The number of esters is 1. The summed E-state index contributed by atoms with van der Waals surface area (Å²) in [4.78, 5) is 33.3. The number of aromatic nitrogens is 6. The highest BCUT2D eigenvalue weighted by molar-refractivity contribution is 6.02. The molecule has 2 heterocycles. The minimum Gasteiger partial charge on any atom is -0.465 e. The Morgan fingerprint density at radius 1 is 0.911 bits per heavy atom. The minimum atomic E-state index is -0.858. The van der Waals surface area contributed by atoms with E-state index in [2.05, 4.69) is 30.4 Å². The van der Waals surface area contributed by atoms with Crippen molar-refractivity contribution in [3.8, 4) is 28.5 Å². The van der Waals surface area contributed by atoms with E-state index in [4.69, 9.17) is 9.47 Å². The van der Waals surface area contributed by atoms with Crippen LogP contribution in [0.2, 0.25) is 0 Å². The second-order valence-electron chi connectivity index (χ2n) is 9.91. The summed E-state index contributed by atoms with van der Waals surface area (Å²) in [6.45, 7) is 2.30. The van der Waals surface area contributed by atoms with Crippen LogP contribution in [0.1, 0.15) is 34.0 Å². The molecule has 4 aromatic carbocycles. The van der Waals surface area contributed by atoms with Gasteiger partial charge in [0.2, 0.25) is 5.82 Å². The Balaban J connectivity index is 1.28. The summed E-state index contributed by atoms with van der Waals surface area (Å²) in [5.74, 6) is -0.0584. The number of tetrazole rings is 1. The van der Waals surface area contributed by atoms with Gasteiger partial charge in [-0.2, -0.15) is 10.2 Å². The highest BCUT2D eigenvalue weighted by Crippen LogP contribution is 2.31. The first-order chi connectivity index (χ1) is 22.0. The molecule has 13 nitrogen and oxygen atoms in total. The van der Waals surface area contributed by atoms with Gasteiger partial charge in [0.1, 0.15) is 13.2 Å².